The topological polar surface area (TPSA) is 83.6 Å². The molecule has 1 saturated heterocycles. The molecule has 4 rings (SSSR count). The van der Waals surface area contributed by atoms with Crippen LogP contribution in [0.5, 0.6) is 0 Å². The highest BCUT2D eigenvalue weighted by molar-refractivity contribution is 9.10. The van der Waals surface area contributed by atoms with Crippen LogP contribution in [0, 0.1) is 18.8 Å². The number of hydrogen-bond acceptors (Lipinski definition) is 4. The lowest BCUT2D eigenvalue weighted by atomic mass is 9.81. The largest absolute Gasteiger partial charge is 0.280 e. The quantitative estimate of drug-likeness (QED) is 0.635. The normalized spacial score (nSPS) is 21.6. The molecule has 6 nitrogen and oxygen atoms in total. The molecule has 0 spiro atoms. The first-order chi connectivity index (χ1) is 14.3. The predicted molar refractivity (Wildman–Crippen MR) is 117 cm³/mol. The average Bonchev–Trinajstić information content (AvgIpc) is 2.94. The lowest BCUT2D eigenvalue weighted by Gasteiger charge is -2.19. The average molecular weight is 491 g/mol. The van der Waals surface area contributed by atoms with Crippen LogP contribution < -0.4 is 4.72 Å². The number of carbonyl (C=O) groups is 2. The minimum atomic E-state index is -3.82. The van der Waals surface area contributed by atoms with E-state index in [1.54, 1.807) is 43.3 Å². The highest BCUT2D eigenvalue weighted by Crippen LogP contribution is 2.38. The Labute approximate surface area is 184 Å². The van der Waals surface area contributed by atoms with Crippen LogP contribution in [-0.2, 0) is 26.2 Å². The maximum Gasteiger partial charge on any atom is 0.262 e. The molecule has 158 valence electrons. The van der Waals surface area contributed by atoms with Gasteiger partial charge in [-0.3, -0.25) is 19.2 Å². The summed E-state index contributed by atoms with van der Waals surface area (Å²) in [6.45, 7) is 1.82. The van der Waals surface area contributed by atoms with Gasteiger partial charge in [0.1, 0.15) is 0 Å². The van der Waals surface area contributed by atoms with E-state index in [0.29, 0.717) is 16.8 Å². The molecule has 2 aliphatic rings. The molecule has 1 aliphatic carbocycles. The van der Waals surface area contributed by atoms with E-state index < -0.39 is 10.0 Å². The lowest BCUT2D eigenvalue weighted by Crippen LogP contribution is -2.30. The van der Waals surface area contributed by atoms with Crippen molar-refractivity contribution in [3.8, 4) is 0 Å². The molecule has 0 aromatic heterocycles. The van der Waals surface area contributed by atoms with Gasteiger partial charge < -0.3 is 0 Å². The fraction of sp³-hybridized carbons (Fsp3) is 0.364. The van der Waals surface area contributed by atoms with E-state index in [9.17, 15) is 18.0 Å². The van der Waals surface area contributed by atoms with Crippen molar-refractivity contribution in [2.45, 2.75) is 44.0 Å². The van der Waals surface area contributed by atoms with Crippen LogP contribution in [-0.4, -0.2) is 25.1 Å². The van der Waals surface area contributed by atoms with Crippen LogP contribution >= 0.6 is 15.9 Å². The van der Waals surface area contributed by atoms with E-state index in [1.807, 2.05) is 6.07 Å². The Kier molecular flexibility index (Phi) is 5.72. The van der Waals surface area contributed by atoms with Gasteiger partial charge >= 0.3 is 0 Å². The summed E-state index contributed by atoms with van der Waals surface area (Å²) < 4.78 is 29.3. The Balaban J connectivity index is 1.59. The summed E-state index contributed by atoms with van der Waals surface area (Å²) in [4.78, 5) is 26.9. The molecule has 2 atom stereocenters. The number of carbonyl (C=O) groups excluding carboxylic acids is 2. The van der Waals surface area contributed by atoms with Gasteiger partial charge in [-0.2, -0.15) is 0 Å². The van der Waals surface area contributed by atoms with Gasteiger partial charge in [-0.05, 0) is 55.2 Å². The number of imide groups is 1. The van der Waals surface area contributed by atoms with Gasteiger partial charge in [0.2, 0.25) is 11.8 Å². The minimum absolute atomic E-state index is 0.102. The van der Waals surface area contributed by atoms with Crippen LogP contribution in [0.3, 0.4) is 0 Å². The zero-order valence-corrected chi connectivity index (χ0v) is 19.0. The first-order valence-electron chi connectivity index (χ1n) is 9.99. The van der Waals surface area contributed by atoms with Crippen LogP contribution in [0.25, 0.3) is 0 Å². The number of fused-ring (bicyclic) bond motifs is 1. The summed E-state index contributed by atoms with van der Waals surface area (Å²) in [5, 5.41) is 0. The maximum atomic E-state index is 13.0. The monoisotopic (exact) mass is 490 g/mol. The van der Waals surface area contributed by atoms with E-state index >= 15 is 0 Å². The van der Waals surface area contributed by atoms with Gasteiger partial charge in [0.05, 0.1) is 23.3 Å². The van der Waals surface area contributed by atoms with Crippen molar-refractivity contribution in [3.63, 3.8) is 0 Å². The first kappa shape index (κ1) is 21.1. The third kappa shape index (κ3) is 4.03. The minimum Gasteiger partial charge on any atom is -0.280 e. The van der Waals surface area contributed by atoms with Crippen LogP contribution in [0.15, 0.2) is 51.8 Å². The summed E-state index contributed by atoms with van der Waals surface area (Å²) in [6.07, 6.45) is 3.47. The molecule has 1 saturated carbocycles. The molecule has 2 aromatic carbocycles. The van der Waals surface area contributed by atoms with E-state index in [2.05, 4.69) is 20.7 Å². The molecule has 2 aromatic rings. The number of sulfonamides is 1. The van der Waals surface area contributed by atoms with Crippen LogP contribution in [0.2, 0.25) is 0 Å². The number of nitrogens with zero attached hydrogens (tertiary/aromatic N) is 1. The number of amides is 2. The lowest BCUT2D eigenvalue weighted by molar-refractivity contribution is -0.140. The van der Waals surface area contributed by atoms with Crippen molar-refractivity contribution < 1.29 is 18.0 Å². The summed E-state index contributed by atoms with van der Waals surface area (Å²) in [5.74, 6) is -0.667. The number of aryl methyl sites for hydroxylation is 1. The third-order valence-electron chi connectivity index (χ3n) is 5.89. The standard InChI is InChI=1S/C22H23BrN2O4S/c1-14-9-10-15(13-25-21(26)18-7-2-3-8-19(18)22(25)27)11-20(14)30(28,29)24-17-6-4-5-16(23)12-17/h4-6,9-12,18-19,24H,2-3,7-8,13H2,1H3/t18-,19-/m1/s1. The number of rotatable bonds is 5. The van der Waals surface area contributed by atoms with E-state index in [1.165, 1.54) is 4.90 Å². The first-order valence-corrected chi connectivity index (χ1v) is 12.3. The fourth-order valence-electron chi connectivity index (χ4n) is 4.36. The smallest absolute Gasteiger partial charge is 0.262 e. The number of nitrogens with one attached hydrogen (secondary N) is 1. The Morgan fingerprint density at radius 3 is 2.33 bits per heavy atom. The second-order valence-corrected chi connectivity index (χ2v) is 10.5. The van der Waals surface area contributed by atoms with Crippen LogP contribution in [0.1, 0.15) is 36.8 Å². The zero-order chi connectivity index (χ0) is 21.5. The maximum absolute atomic E-state index is 13.0. The SMILES string of the molecule is Cc1ccc(CN2C(=O)[C@@H]3CCCC[C@H]3C2=O)cc1S(=O)(=O)Nc1cccc(Br)c1. The van der Waals surface area contributed by atoms with Crippen molar-refractivity contribution >= 4 is 43.5 Å². The van der Waals surface area contributed by atoms with Crippen molar-refractivity contribution in [2.75, 3.05) is 4.72 Å². The summed E-state index contributed by atoms with van der Waals surface area (Å²) >= 11 is 3.33. The molecule has 1 heterocycles. The molecular weight excluding hydrogens is 468 g/mol. The summed E-state index contributed by atoms with van der Waals surface area (Å²) in [7, 11) is -3.82. The Hall–Kier alpha value is -2.19. The molecule has 1 aliphatic heterocycles. The van der Waals surface area contributed by atoms with Gasteiger partial charge in [0.15, 0.2) is 0 Å². The molecule has 2 fully saturated rings. The van der Waals surface area contributed by atoms with Crippen molar-refractivity contribution in [1.29, 1.82) is 0 Å². The predicted octanol–water partition coefficient (Wildman–Crippen LogP) is 4.23. The molecule has 8 heteroatoms. The van der Waals surface area contributed by atoms with Gasteiger partial charge in [-0.25, -0.2) is 8.42 Å². The Morgan fingerprint density at radius 1 is 1.03 bits per heavy atom. The van der Waals surface area contributed by atoms with E-state index in [4.69, 9.17) is 0 Å². The molecule has 0 radical (unpaired) electrons. The third-order valence-corrected chi connectivity index (χ3v) is 7.91. The molecule has 30 heavy (non-hydrogen) atoms. The Morgan fingerprint density at radius 2 is 1.70 bits per heavy atom. The molecule has 0 unspecified atom stereocenters. The van der Waals surface area contributed by atoms with Crippen molar-refractivity contribution in [1.82, 2.24) is 4.90 Å². The molecular formula is C22H23BrN2O4S. The molecule has 0 bridgehead atoms. The van der Waals surface area contributed by atoms with Gasteiger partial charge in [0.25, 0.3) is 10.0 Å². The van der Waals surface area contributed by atoms with Crippen molar-refractivity contribution in [2.24, 2.45) is 11.8 Å². The van der Waals surface area contributed by atoms with Gasteiger partial charge in [-0.1, -0.05) is 47.0 Å². The number of anilines is 1. The zero-order valence-electron chi connectivity index (χ0n) is 16.6. The Bertz CT molecular complexity index is 1090. The summed E-state index contributed by atoms with van der Waals surface area (Å²) in [5.41, 5.74) is 1.66. The number of halogens is 1. The highest BCUT2D eigenvalue weighted by atomic mass is 79.9. The fourth-order valence-corrected chi connectivity index (χ4v) is 6.11. The van der Waals surface area contributed by atoms with Gasteiger partial charge in [-0.15, -0.1) is 0 Å². The highest BCUT2D eigenvalue weighted by Gasteiger charge is 2.47. The molecule has 1 N–H and O–H groups in total. The van der Waals surface area contributed by atoms with E-state index in [-0.39, 0.29) is 35.1 Å². The second kappa shape index (κ2) is 8.15. The number of hydrogen-bond donors (Lipinski definition) is 1. The summed E-state index contributed by atoms with van der Waals surface area (Å²) in [6, 6.07) is 11.9. The van der Waals surface area contributed by atoms with Gasteiger partial charge in [0, 0.05) is 10.2 Å². The second-order valence-electron chi connectivity index (χ2n) is 7.98. The van der Waals surface area contributed by atoms with Crippen LogP contribution in [0.4, 0.5) is 5.69 Å². The van der Waals surface area contributed by atoms with E-state index in [0.717, 1.165) is 30.2 Å². The van der Waals surface area contributed by atoms with Crippen molar-refractivity contribution in [3.05, 3.63) is 58.1 Å². The number of benzene rings is 2. The number of likely N-dealkylation sites (tertiary alicyclic amines) is 1. The molecule has 2 amide bonds.